The number of nitrogens with zero attached hydrogens (tertiary/aromatic N) is 3. The SMILES string of the molecule is O=S(=O)(Nc1c(Cl)ncnc1Cl)N1CCNCC1. The van der Waals surface area contributed by atoms with Crippen molar-refractivity contribution in [2.75, 3.05) is 30.9 Å². The number of rotatable bonds is 3. The number of nitrogens with one attached hydrogen (secondary N) is 2. The summed E-state index contributed by atoms with van der Waals surface area (Å²) >= 11 is 11.6. The Kier molecular flexibility index (Phi) is 4.23. The van der Waals surface area contributed by atoms with Crippen LogP contribution in [0.1, 0.15) is 0 Å². The summed E-state index contributed by atoms with van der Waals surface area (Å²) in [5.74, 6) is 0. The van der Waals surface area contributed by atoms with E-state index in [1.165, 1.54) is 4.31 Å². The Hall–Kier alpha value is -0.670. The molecule has 0 bridgehead atoms. The summed E-state index contributed by atoms with van der Waals surface area (Å²) in [7, 11) is -3.69. The Morgan fingerprint density at radius 1 is 1.22 bits per heavy atom. The van der Waals surface area contributed by atoms with Crippen molar-refractivity contribution in [2.24, 2.45) is 0 Å². The van der Waals surface area contributed by atoms with Crippen molar-refractivity contribution in [3.63, 3.8) is 0 Å². The van der Waals surface area contributed by atoms with E-state index < -0.39 is 10.2 Å². The van der Waals surface area contributed by atoms with Crippen LogP contribution in [0.25, 0.3) is 0 Å². The number of aromatic nitrogens is 2. The molecule has 0 atom stereocenters. The van der Waals surface area contributed by atoms with Crippen LogP contribution in [0.15, 0.2) is 6.33 Å². The smallest absolute Gasteiger partial charge is 0.301 e. The number of piperazine rings is 1. The lowest BCUT2D eigenvalue weighted by Crippen LogP contribution is -2.48. The van der Waals surface area contributed by atoms with Crippen molar-refractivity contribution in [2.45, 2.75) is 0 Å². The highest BCUT2D eigenvalue weighted by Gasteiger charge is 2.25. The molecule has 10 heteroatoms. The van der Waals surface area contributed by atoms with E-state index in [9.17, 15) is 8.42 Å². The number of hydrogen-bond donors (Lipinski definition) is 2. The van der Waals surface area contributed by atoms with Crippen LogP contribution in [-0.2, 0) is 10.2 Å². The summed E-state index contributed by atoms with van der Waals surface area (Å²) in [4.78, 5) is 7.36. The fourth-order valence-corrected chi connectivity index (χ4v) is 3.27. The summed E-state index contributed by atoms with van der Waals surface area (Å²) in [5, 5.41) is 3.00. The second kappa shape index (κ2) is 5.54. The zero-order valence-electron chi connectivity index (χ0n) is 9.23. The Morgan fingerprint density at radius 2 is 1.78 bits per heavy atom. The predicted octanol–water partition coefficient (Wildman–Crippen LogP) is 0.345. The minimum atomic E-state index is -3.69. The molecule has 2 N–H and O–H groups in total. The molecule has 2 rings (SSSR count). The van der Waals surface area contributed by atoms with Gasteiger partial charge in [-0.2, -0.15) is 12.7 Å². The van der Waals surface area contributed by atoms with Gasteiger partial charge >= 0.3 is 10.2 Å². The number of anilines is 1. The highest BCUT2D eigenvalue weighted by molar-refractivity contribution is 7.90. The normalized spacial score (nSPS) is 17.7. The van der Waals surface area contributed by atoms with E-state index >= 15 is 0 Å². The first-order valence-electron chi connectivity index (χ1n) is 5.15. The first kappa shape index (κ1) is 13.8. The van der Waals surface area contributed by atoms with E-state index in [1.54, 1.807) is 0 Å². The molecule has 1 fully saturated rings. The molecular formula is C8H11Cl2N5O2S. The monoisotopic (exact) mass is 311 g/mol. The molecule has 100 valence electrons. The van der Waals surface area contributed by atoms with E-state index in [1.807, 2.05) is 0 Å². The van der Waals surface area contributed by atoms with Gasteiger partial charge in [0.2, 0.25) is 0 Å². The summed E-state index contributed by atoms with van der Waals surface area (Å²) in [6, 6.07) is 0. The number of halogens is 2. The summed E-state index contributed by atoms with van der Waals surface area (Å²) in [6.45, 7) is 1.98. The Morgan fingerprint density at radius 3 is 2.33 bits per heavy atom. The van der Waals surface area contributed by atoms with Gasteiger partial charge in [-0.25, -0.2) is 9.97 Å². The highest BCUT2D eigenvalue weighted by Crippen LogP contribution is 2.27. The molecule has 0 radical (unpaired) electrons. The largest absolute Gasteiger partial charge is 0.314 e. The van der Waals surface area contributed by atoms with Gasteiger partial charge < -0.3 is 5.32 Å². The van der Waals surface area contributed by atoms with Crippen LogP contribution in [0.3, 0.4) is 0 Å². The lowest BCUT2D eigenvalue weighted by molar-refractivity contribution is 0.362. The molecule has 1 aromatic heterocycles. The van der Waals surface area contributed by atoms with Gasteiger partial charge in [-0.05, 0) is 0 Å². The average molecular weight is 312 g/mol. The number of hydrogen-bond acceptors (Lipinski definition) is 5. The van der Waals surface area contributed by atoms with Gasteiger partial charge in [-0.3, -0.25) is 4.72 Å². The molecular weight excluding hydrogens is 301 g/mol. The van der Waals surface area contributed by atoms with E-state index in [0.717, 1.165) is 6.33 Å². The lowest BCUT2D eigenvalue weighted by atomic mass is 10.4. The summed E-state index contributed by atoms with van der Waals surface area (Å²) in [5.41, 5.74) is -0.000587. The van der Waals surface area contributed by atoms with Gasteiger partial charge in [0.15, 0.2) is 10.3 Å². The van der Waals surface area contributed by atoms with Crippen molar-refractivity contribution >= 4 is 39.1 Å². The van der Waals surface area contributed by atoms with Gasteiger partial charge in [0, 0.05) is 26.2 Å². The molecule has 1 saturated heterocycles. The quantitative estimate of drug-likeness (QED) is 0.786. The van der Waals surface area contributed by atoms with E-state index in [2.05, 4.69) is 20.0 Å². The van der Waals surface area contributed by atoms with E-state index in [4.69, 9.17) is 23.2 Å². The molecule has 0 unspecified atom stereocenters. The second-order valence-corrected chi connectivity index (χ2v) is 5.97. The van der Waals surface area contributed by atoms with Crippen LogP contribution in [0.2, 0.25) is 10.3 Å². The third-order valence-corrected chi connectivity index (χ3v) is 4.48. The lowest BCUT2D eigenvalue weighted by Gasteiger charge is -2.26. The minimum absolute atomic E-state index is 0.000587. The van der Waals surface area contributed by atoms with Crippen LogP contribution >= 0.6 is 23.2 Å². The topological polar surface area (TPSA) is 87.2 Å². The first-order chi connectivity index (χ1) is 8.50. The van der Waals surface area contributed by atoms with E-state index in [0.29, 0.717) is 26.2 Å². The average Bonchev–Trinajstić information content (AvgIpc) is 2.35. The summed E-state index contributed by atoms with van der Waals surface area (Å²) < 4.78 is 27.8. The van der Waals surface area contributed by atoms with Crippen LogP contribution in [-0.4, -0.2) is 48.9 Å². The summed E-state index contributed by atoms with van der Waals surface area (Å²) in [6.07, 6.45) is 1.16. The van der Waals surface area contributed by atoms with Gasteiger partial charge in [-0.1, -0.05) is 23.2 Å². The molecule has 1 aliphatic rings. The van der Waals surface area contributed by atoms with Crippen LogP contribution in [0.5, 0.6) is 0 Å². The Bertz CT molecular complexity index is 512. The maximum absolute atomic E-state index is 12.1. The van der Waals surface area contributed by atoms with Crippen LogP contribution in [0, 0.1) is 0 Å². The Labute approximate surface area is 115 Å². The maximum atomic E-state index is 12.1. The molecule has 2 heterocycles. The van der Waals surface area contributed by atoms with E-state index in [-0.39, 0.29) is 16.0 Å². The van der Waals surface area contributed by atoms with Crippen LogP contribution in [0.4, 0.5) is 5.69 Å². The molecule has 0 saturated carbocycles. The second-order valence-electron chi connectivity index (χ2n) is 3.59. The molecule has 0 amide bonds. The van der Waals surface area contributed by atoms with Gasteiger partial charge in [-0.15, -0.1) is 0 Å². The van der Waals surface area contributed by atoms with Crippen molar-refractivity contribution in [1.82, 2.24) is 19.6 Å². The minimum Gasteiger partial charge on any atom is -0.314 e. The highest BCUT2D eigenvalue weighted by atomic mass is 35.5. The van der Waals surface area contributed by atoms with Gasteiger partial charge in [0.25, 0.3) is 0 Å². The third-order valence-electron chi connectivity index (χ3n) is 2.40. The fraction of sp³-hybridized carbons (Fsp3) is 0.500. The molecule has 0 aliphatic carbocycles. The van der Waals surface area contributed by atoms with Crippen LogP contribution < -0.4 is 10.0 Å². The zero-order valence-corrected chi connectivity index (χ0v) is 11.6. The van der Waals surface area contributed by atoms with Crippen molar-refractivity contribution in [3.05, 3.63) is 16.6 Å². The molecule has 7 nitrogen and oxygen atoms in total. The van der Waals surface area contributed by atoms with Crippen molar-refractivity contribution in [3.8, 4) is 0 Å². The standard InChI is InChI=1S/C8H11Cl2N5O2S/c9-7-6(8(10)13-5-12-7)14-18(16,17)15-3-1-11-2-4-15/h5,11,14H,1-4H2. The fourth-order valence-electron chi connectivity index (χ4n) is 1.51. The maximum Gasteiger partial charge on any atom is 0.301 e. The van der Waals surface area contributed by atoms with Crippen molar-refractivity contribution < 1.29 is 8.42 Å². The van der Waals surface area contributed by atoms with Gasteiger partial charge in [0.05, 0.1) is 0 Å². The first-order valence-corrected chi connectivity index (χ1v) is 7.35. The Balaban J connectivity index is 2.22. The van der Waals surface area contributed by atoms with Crippen molar-refractivity contribution in [1.29, 1.82) is 0 Å². The third kappa shape index (κ3) is 3.01. The molecule has 0 spiro atoms. The zero-order chi connectivity index (χ0) is 13.2. The molecule has 1 aromatic rings. The molecule has 1 aliphatic heterocycles. The van der Waals surface area contributed by atoms with Gasteiger partial charge in [0.1, 0.15) is 12.0 Å². The molecule has 0 aromatic carbocycles. The predicted molar refractivity (Wildman–Crippen MR) is 69.0 cm³/mol. The molecule has 18 heavy (non-hydrogen) atoms.